The molecule has 3 aromatic rings. The number of nitrogens with one attached hydrogen (secondary N) is 1. The molecule has 5 rings (SSSR count). The molecule has 1 aliphatic carbocycles. The van der Waals surface area contributed by atoms with Crippen LogP contribution in [0.1, 0.15) is 36.2 Å². The summed E-state index contributed by atoms with van der Waals surface area (Å²) >= 11 is 0. The predicted octanol–water partition coefficient (Wildman–Crippen LogP) is 1.47. The van der Waals surface area contributed by atoms with Crippen molar-refractivity contribution in [2.45, 2.75) is 32.2 Å². The minimum atomic E-state index is -0.389. The number of amides is 2. The molecular formula is C24H27N5O5. The number of hydrogen-bond donors (Lipinski definition) is 1. The van der Waals surface area contributed by atoms with E-state index in [1.54, 1.807) is 29.2 Å². The van der Waals surface area contributed by atoms with Gasteiger partial charge in [-0.3, -0.25) is 19.0 Å². The average molecular weight is 466 g/mol. The quantitative estimate of drug-likeness (QED) is 0.623. The van der Waals surface area contributed by atoms with Crippen LogP contribution in [0.25, 0.3) is 10.9 Å². The van der Waals surface area contributed by atoms with Crippen molar-refractivity contribution in [1.82, 2.24) is 24.5 Å². The highest BCUT2D eigenvalue weighted by atomic mass is 16.5. The Bertz CT molecular complexity index is 1300. The maximum atomic E-state index is 13.1. The van der Waals surface area contributed by atoms with E-state index in [2.05, 4.69) is 10.1 Å². The van der Waals surface area contributed by atoms with Crippen LogP contribution >= 0.6 is 0 Å². The van der Waals surface area contributed by atoms with E-state index < -0.39 is 0 Å². The Hall–Kier alpha value is -3.69. The molecule has 1 saturated heterocycles. The number of H-pyrrole nitrogens is 1. The molecular weight excluding hydrogens is 438 g/mol. The molecule has 10 nitrogen and oxygen atoms in total. The Morgan fingerprint density at radius 1 is 0.971 bits per heavy atom. The van der Waals surface area contributed by atoms with E-state index in [0.717, 1.165) is 25.7 Å². The van der Waals surface area contributed by atoms with Gasteiger partial charge >= 0.3 is 5.69 Å². The highest BCUT2D eigenvalue weighted by Crippen LogP contribution is 2.31. The van der Waals surface area contributed by atoms with Crippen LogP contribution in [0.2, 0.25) is 0 Å². The van der Waals surface area contributed by atoms with Crippen molar-refractivity contribution in [3.05, 3.63) is 63.1 Å². The van der Waals surface area contributed by atoms with E-state index in [4.69, 9.17) is 4.52 Å². The van der Waals surface area contributed by atoms with Crippen molar-refractivity contribution in [2.24, 2.45) is 11.8 Å². The number of hydrogen-bond acceptors (Lipinski definition) is 6. The topological polar surface area (TPSA) is 122 Å². The Labute approximate surface area is 195 Å². The first-order valence-corrected chi connectivity index (χ1v) is 11.7. The molecule has 2 aromatic heterocycles. The first-order valence-electron chi connectivity index (χ1n) is 11.7. The Kier molecular flexibility index (Phi) is 6.04. The number of piperazine rings is 1. The lowest BCUT2D eigenvalue weighted by Crippen LogP contribution is -2.52. The summed E-state index contributed by atoms with van der Waals surface area (Å²) in [7, 11) is 0. The number of rotatable bonds is 4. The summed E-state index contributed by atoms with van der Waals surface area (Å²) in [4.78, 5) is 57.0. The Morgan fingerprint density at radius 2 is 1.68 bits per heavy atom. The van der Waals surface area contributed by atoms with Gasteiger partial charge in [0.25, 0.3) is 11.5 Å². The van der Waals surface area contributed by atoms with Crippen LogP contribution in [-0.2, 0) is 11.3 Å². The summed E-state index contributed by atoms with van der Waals surface area (Å²) in [5.74, 6) is 0.261. The second kappa shape index (κ2) is 9.28. The molecule has 2 fully saturated rings. The number of para-hydroxylation sites is 1. The summed E-state index contributed by atoms with van der Waals surface area (Å²) in [6.07, 6.45) is 4.50. The molecule has 0 bridgehead atoms. The number of carbonyl (C=O) groups is 2. The van der Waals surface area contributed by atoms with Gasteiger partial charge < -0.3 is 19.3 Å². The van der Waals surface area contributed by atoms with Crippen LogP contribution in [0, 0.1) is 11.8 Å². The van der Waals surface area contributed by atoms with Gasteiger partial charge in [-0.05, 0) is 43.7 Å². The summed E-state index contributed by atoms with van der Waals surface area (Å²) in [6, 6.07) is 8.56. The first kappa shape index (κ1) is 22.1. The Balaban J connectivity index is 1.15. The summed E-state index contributed by atoms with van der Waals surface area (Å²) in [6.45, 7) is 2.30. The van der Waals surface area contributed by atoms with Crippen LogP contribution in [0.5, 0.6) is 0 Å². The van der Waals surface area contributed by atoms with Crippen LogP contribution in [0.15, 0.2) is 50.6 Å². The molecule has 1 N–H and O–H groups in total. The molecule has 0 atom stereocenters. The standard InChI is InChI=1S/C24H27N5O5/c30-21(27-11-13-28(14-12-27)23(32)20-9-10-25-34-20)17-7-5-16(6-8-17)15-29-22(31)18-3-1-2-4-19(18)26-24(29)33/h1-4,9-10,16-17H,5-8,11-15H2,(H,26,33)/t16-,17-. The highest BCUT2D eigenvalue weighted by Gasteiger charge is 2.33. The molecule has 0 spiro atoms. The zero-order valence-corrected chi connectivity index (χ0v) is 18.8. The van der Waals surface area contributed by atoms with Crippen LogP contribution < -0.4 is 11.2 Å². The maximum absolute atomic E-state index is 13.1. The van der Waals surface area contributed by atoms with E-state index in [1.807, 2.05) is 4.90 Å². The van der Waals surface area contributed by atoms with Crippen molar-refractivity contribution in [3.63, 3.8) is 0 Å². The Morgan fingerprint density at radius 3 is 2.38 bits per heavy atom. The fraction of sp³-hybridized carbons (Fsp3) is 0.458. The maximum Gasteiger partial charge on any atom is 0.328 e. The number of nitrogens with zero attached hydrogens (tertiary/aromatic N) is 4. The van der Waals surface area contributed by atoms with Crippen molar-refractivity contribution in [2.75, 3.05) is 26.2 Å². The lowest BCUT2D eigenvalue weighted by atomic mass is 9.81. The van der Waals surface area contributed by atoms with Gasteiger partial charge in [-0.15, -0.1) is 0 Å². The van der Waals surface area contributed by atoms with Crippen molar-refractivity contribution in [3.8, 4) is 0 Å². The summed E-state index contributed by atoms with van der Waals surface area (Å²) in [5, 5.41) is 4.08. The van der Waals surface area contributed by atoms with Crippen molar-refractivity contribution >= 4 is 22.7 Å². The third kappa shape index (κ3) is 4.27. The lowest BCUT2D eigenvalue weighted by Gasteiger charge is -2.37. The molecule has 34 heavy (non-hydrogen) atoms. The van der Waals surface area contributed by atoms with Crippen molar-refractivity contribution in [1.29, 1.82) is 0 Å². The third-order valence-electron chi connectivity index (χ3n) is 7.05. The van der Waals surface area contributed by atoms with Gasteiger partial charge in [0.1, 0.15) is 0 Å². The molecule has 1 aliphatic heterocycles. The van der Waals surface area contributed by atoms with Crippen LogP contribution in [0.4, 0.5) is 0 Å². The van der Waals surface area contributed by atoms with Gasteiger partial charge in [0, 0.05) is 44.7 Å². The number of carbonyl (C=O) groups excluding carboxylic acids is 2. The fourth-order valence-electron chi connectivity index (χ4n) is 5.08. The fourth-order valence-corrected chi connectivity index (χ4v) is 5.08. The van der Waals surface area contributed by atoms with Crippen LogP contribution in [0.3, 0.4) is 0 Å². The molecule has 3 heterocycles. The summed E-state index contributed by atoms with van der Waals surface area (Å²) in [5.41, 5.74) is -0.111. The van der Waals surface area contributed by atoms with Gasteiger partial charge in [0.05, 0.1) is 17.1 Å². The van der Waals surface area contributed by atoms with Crippen LogP contribution in [-0.4, -0.2) is 62.5 Å². The molecule has 0 radical (unpaired) electrons. The monoisotopic (exact) mass is 465 g/mol. The highest BCUT2D eigenvalue weighted by molar-refractivity contribution is 5.91. The molecule has 1 saturated carbocycles. The van der Waals surface area contributed by atoms with E-state index in [-0.39, 0.29) is 40.7 Å². The molecule has 2 aliphatic rings. The minimum absolute atomic E-state index is 0.0561. The molecule has 10 heteroatoms. The molecule has 2 amide bonds. The van der Waals surface area contributed by atoms with Gasteiger partial charge in [0.15, 0.2) is 0 Å². The van der Waals surface area contributed by atoms with Gasteiger partial charge in [-0.2, -0.15) is 0 Å². The minimum Gasteiger partial charge on any atom is -0.351 e. The smallest absolute Gasteiger partial charge is 0.328 e. The number of aromatic nitrogens is 3. The second-order valence-corrected chi connectivity index (χ2v) is 9.10. The zero-order valence-electron chi connectivity index (χ0n) is 18.8. The molecule has 0 unspecified atom stereocenters. The van der Waals surface area contributed by atoms with Gasteiger partial charge in [-0.25, -0.2) is 4.79 Å². The van der Waals surface area contributed by atoms with E-state index in [0.29, 0.717) is 43.6 Å². The second-order valence-electron chi connectivity index (χ2n) is 9.10. The van der Waals surface area contributed by atoms with E-state index in [9.17, 15) is 19.2 Å². The number of benzene rings is 1. The number of fused-ring (bicyclic) bond motifs is 1. The third-order valence-corrected chi connectivity index (χ3v) is 7.05. The largest absolute Gasteiger partial charge is 0.351 e. The SMILES string of the molecule is O=C(c1ccno1)N1CCN(C(=O)[C@H]2CC[C@H](Cn3c(=O)[nH]c4ccccc4c3=O)CC2)CC1. The van der Waals surface area contributed by atoms with Crippen molar-refractivity contribution < 1.29 is 14.1 Å². The van der Waals surface area contributed by atoms with Gasteiger partial charge in [0.2, 0.25) is 11.7 Å². The summed E-state index contributed by atoms with van der Waals surface area (Å²) < 4.78 is 6.23. The number of aromatic amines is 1. The molecule has 178 valence electrons. The van der Waals surface area contributed by atoms with E-state index >= 15 is 0 Å². The average Bonchev–Trinajstić information content (AvgIpc) is 3.41. The normalized spacial score (nSPS) is 21.1. The van der Waals surface area contributed by atoms with Gasteiger partial charge in [-0.1, -0.05) is 17.3 Å². The molecule has 1 aromatic carbocycles. The first-order chi connectivity index (χ1) is 16.5. The predicted molar refractivity (Wildman–Crippen MR) is 123 cm³/mol. The zero-order chi connectivity index (χ0) is 23.7. The van der Waals surface area contributed by atoms with E-state index in [1.165, 1.54) is 16.8 Å². The lowest BCUT2D eigenvalue weighted by molar-refractivity contribution is -0.138.